The van der Waals surface area contributed by atoms with Crippen molar-refractivity contribution in [2.24, 2.45) is 0 Å². The molecule has 1 aliphatic carbocycles. The van der Waals surface area contributed by atoms with Gasteiger partial charge in [-0.1, -0.05) is 60.7 Å². The summed E-state index contributed by atoms with van der Waals surface area (Å²) in [7, 11) is -0.0209. The van der Waals surface area contributed by atoms with Crippen LogP contribution < -0.4 is 4.18 Å². The van der Waals surface area contributed by atoms with Crippen molar-refractivity contribution >= 4 is 44.5 Å². The maximum absolute atomic E-state index is 13.1. The van der Waals surface area contributed by atoms with Crippen LogP contribution in [0.25, 0.3) is 34.0 Å². The molecule has 0 radical (unpaired) electrons. The van der Waals surface area contributed by atoms with Gasteiger partial charge in [0, 0.05) is 40.1 Å². The number of hydrogen-bond donors (Lipinski definition) is 0. The smallest absolute Gasteiger partial charge is 0.339 e. The maximum Gasteiger partial charge on any atom is 0.339 e. The highest BCUT2D eigenvalue weighted by Gasteiger charge is 2.29. The van der Waals surface area contributed by atoms with Crippen molar-refractivity contribution in [1.82, 2.24) is 4.90 Å². The molecule has 4 aromatic carbocycles. The summed E-state index contributed by atoms with van der Waals surface area (Å²) in [6.45, 7) is 0. The molecular weight excluding hydrogens is 557 g/mol. The number of fused-ring (bicyclic) bond motifs is 4. The van der Waals surface area contributed by atoms with E-state index < -0.39 is 10.1 Å². The van der Waals surface area contributed by atoms with Gasteiger partial charge in [-0.3, -0.25) is 0 Å². The molecule has 0 aliphatic heterocycles. The Kier molecular flexibility index (Phi) is 5.95. The van der Waals surface area contributed by atoms with Gasteiger partial charge in [-0.05, 0) is 75.7 Å². The van der Waals surface area contributed by atoms with E-state index in [0.29, 0.717) is 5.75 Å². The minimum atomic E-state index is -3.99. The van der Waals surface area contributed by atoms with Crippen molar-refractivity contribution in [3.63, 3.8) is 0 Å². The first-order valence-corrected chi connectivity index (χ1v) is 13.3. The van der Waals surface area contributed by atoms with E-state index in [1.165, 1.54) is 0 Å². The number of benzene rings is 4. The molecule has 0 bridgehead atoms. The fourth-order valence-corrected chi connectivity index (χ4v) is 5.84. The summed E-state index contributed by atoms with van der Waals surface area (Å²) in [5, 5.41) is 0. The lowest BCUT2D eigenvalue weighted by atomic mass is 9.77. The Bertz CT molecular complexity index is 1530. The highest BCUT2D eigenvalue weighted by Crippen LogP contribution is 2.52. The molecule has 0 heterocycles. The fourth-order valence-electron chi connectivity index (χ4n) is 4.21. The van der Waals surface area contributed by atoms with Crippen LogP contribution in [0.2, 0.25) is 0 Å². The van der Waals surface area contributed by atoms with Gasteiger partial charge >= 0.3 is 10.1 Å². The first-order valence-electron chi connectivity index (χ1n) is 10.8. The molecule has 34 heavy (non-hydrogen) atoms. The summed E-state index contributed by atoms with van der Waals surface area (Å²) in [6.07, 6.45) is 2.03. The molecule has 6 heteroatoms. The van der Waals surface area contributed by atoms with Gasteiger partial charge in [0.05, 0.1) is 0 Å². The number of rotatable bonds is 6. The molecular formula is C28H22INO3S. The van der Waals surface area contributed by atoms with E-state index in [1.807, 2.05) is 55.4 Å². The number of hydrogen-bond acceptors (Lipinski definition) is 4. The summed E-state index contributed by atoms with van der Waals surface area (Å²) >= 11 is 2.33. The Balaban J connectivity index is 1.71. The van der Waals surface area contributed by atoms with Gasteiger partial charge in [0.15, 0.2) is 5.75 Å². The van der Waals surface area contributed by atoms with Crippen LogP contribution in [0.15, 0.2) is 95.9 Å². The quantitative estimate of drug-likeness (QED) is 0.127. The zero-order chi connectivity index (χ0) is 23.9. The third kappa shape index (κ3) is 4.01. The Hall–Kier alpha value is -3.10. The highest BCUT2D eigenvalue weighted by molar-refractivity contribution is 14.1. The summed E-state index contributed by atoms with van der Waals surface area (Å²) < 4.78 is 33.1. The normalized spacial score (nSPS) is 12.4. The van der Waals surface area contributed by atoms with E-state index in [0.717, 1.165) is 42.6 Å². The molecule has 5 rings (SSSR count). The van der Waals surface area contributed by atoms with Crippen molar-refractivity contribution in [2.45, 2.75) is 4.90 Å². The van der Waals surface area contributed by atoms with Gasteiger partial charge in [0.25, 0.3) is 0 Å². The molecule has 0 saturated heterocycles. The lowest BCUT2D eigenvalue weighted by Crippen LogP contribution is -2.14. The SMILES string of the molecule is CN(C)/C(=C\c1c(OS(=O)(=O)c2ccccc2)ccc2c1-c1ccccc1-2)c1ccccc1I. The van der Waals surface area contributed by atoms with Gasteiger partial charge in [0.1, 0.15) is 4.90 Å². The molecule has 1 aliphatic rings. The molecule has 0 fully saturated rings. The minimum absolute atomic E-state index is 0.124. The number of halogens is 1. The Morgan fingerprint density at radius 3 is 2.15 bits per heavy atom. The summed E-state index contributed by atoms with van der Waals surface area (Å²) in [4.78, 5) is 2.16. The summed E-state index contributed by atoms with van der Waals surface area (Å²) in [6, 6.07) is 28.2. The second-order valence-electron chi connectivity index (χ2n) is 8.20. The van der Waals surface area contributed by atoms with Gasteiger partial charge < -0.3 is 9.08 Å². The third-order valence-corrected chi connectivity index (χ3v) is 8.03. The van der Waals surface area contributed by atoms with E-state index >= 15 is 0 Å². The van der Waals surface area contributed by atoms with Gasteiger partial charge in [-0.25, -0.2) is 0 Å². The van der Waals surface area contributed by atoms with Crippen LogP contribution >= 0.6 is 22.6 Å². The first-order chi connectivity index (χ1) is 16.4. The second-order valence-corrected chi connectivity index (χ2v) is 10.9. The molecule has 0 saturated carbocycles. The fraction of sp³-hybridized carbons (Fsp3) is 0.0714. The average molecular weight is 579 g/mol. The third-order valence-electron chi connectivity index (χ3n) is 5.84. The molecule has 0 unspecified atom stereocenters. The van der Waals surface area contributed by atoms with E-state index in [-0.39, 0.29) is 4.90 Å². The van der Waals surface area contributed by atoms with Crippen LogP contribution in [0.5, 0.6) is 5.75 Å². The summed E-state index contributed by atoms with van der Waals surface area (Å²) in [5.74, 6) is 0.308. The van der Waals surface area contributed by atoms with Crippen LogP contribution in [0.1, 0.15) is 11.1 Å². The largest absolute Gasteiger partial charge is 0.378 e. The van der Waals surface area contributed by atoms with Crippen molar-refractivity contribution in [3.8, 4) is 28.0 Å². The van der Waals surface area contributed by atoms with Crippen LogP contribution in [0.3, 0.4) is 0 Å². The van der Waals surface area contributed by atoms with Crippen LogP contribution in [-0.2, 0) is 10.1 Å². The van der Waals surface area contributed by atoms with Crippen molar-refractivity contribution < 1.29 is 12.6 Å². The highest BCUT2D eigenvalue weighted by atomic mass is 127. The zero-order valence-corrected chi connectivity index (χ0v) is 21.7. The van der Waals surface area contributed by atoms with Crippen molar-refractivity contribution in [1.29, 1.82) is 0 Å². The topological polar surface area (TPSA) is 46.6 Å². The summed E-state index contributed by atoms with van der Waals surface area (Å²) in [5.41, 5.74) is 7.12. The molecule has 0 spiro atoms. The predicted octanol–water partition coefficient (Wildman–Crippen LogP) is 6.77. The predicted molar refractivity (Wildman–Crippen MR) is 146 cm³/mol. The molecule has 0 N–H and O–H groups in total. The maximum atomic E-state index is 13.1. The van der Waals surface area contributed by atoms with Crippen molar-refractivity contribution in [2.75, 3.05) is 14.1 Å². The molecule has 0 amide bonds. The van der Waals surface area contributed by atoms with E-state index in [4.69, 9.17) is 4.18 Å². The minimum Gasteiger partial charge on any atom is -0.378 e. The molecule has 4 aromatic rings. The Morgan fingerprint density at radius 2 is 1.44 bits per heavy atom. The van der Waals surface area contributed by atoms with E-state index in [2.05, 4.69) is 46.9 Å². The first kappa shape index (κ1) is 22.7. The van der Waals surface area contributed by atoms with Gasteiger partial charge in [-0.15, -0.1) is 0 Å². The Labute approximate surface area is 213 Å². The van der Waals surface area contributed by atoms with Gasteiger partial charge in [-0.2, -0.15) is 8.42 Å². The average Bonchev–Trinajstić information content (AvgIpc) is 2.82. The monoisotopic (exact) mass is 579 g/mol. The molecule has 0 aromatic heterocycles. The van der Waals surface area contributed by atoms with E-state index in [1.54, 1.807) is 36.4 Å². The van der Waals surface area contributed by atoms with Crippen LogP contribution in [0, 0.1) is 3.57 Å². The molecule has 0 atom stereocenters. The van der Waals surface area contributed by atoms with E-state index in [9.17, 15) is 8.42 Å². The van der Waals surface area contributed by atoms with Crippen LogP contribution in [0.4, 0.5) is 0 Å². The number of nitrogens with zero attached hydrogens (tertiary/aromatic N) is 1. The van der Waals surface area contributed by atoms with Crippen LogP contribution in [-0.4, -0.2) is 27.4 Å². The molecule has 4 nitrogen and oxygen atoms in total. The Morgan fingerprint density at radius 1 is 0.794 bits per heavy atom. The standard InChI is InChI=1S/C28H22INO3S/c1-30(2)26(23-14-8-9-15-25(23)29)18-24-27(33-34(31,32)19-10-4-3-5-11-19)17-16-22-20-12-6-7-13-21(20)28(22)24/h3-18H,1-2H3/b26-18-. The lowest BCUT2D eigenvalue weighted by Gasteiger charge is -2.28. The molecule has 170 valence electrons. The lowest BCUT2D eigenvalue weighted by molar-refractivity contribution is 0.485. The van der Waals surface area contributed by atoms with Gasteiger partial charge in [0.2, 0.25) is 0 Å². The van der Waals surface area contributed by atoms with Crippen molar-refractivity contribution in [3.05, 3.63) is 106 Å². The second kappa shape index (κ2) is 8.92. The zero-order valence-electron chi connectivity index (χ0n) is 18.7.